The molecule has 41 heavy (non-hydrogen) atoms. The molecule has 202 valence electrons. The normalized spacial score (nSPS) is 15.6. The molecule has 0 heterocycles. The minimum Gasteiger partial charge on any atom is -0.388 e. The molecule has 2 aliphatic carbocycles. The van der Waals surface area contributed by atoms with Crippen LogP contribution in [0.4, 0.5) is 11.4 Å². The zero-order valence-corrected chi connectivity index (χ0v) is 24.2. The summed E-state index contributed by atoms with van der Waals surface area (Å²) >= 11 is 0. The maximum absolute atomic E-state index is 3.44. The van der Waals surface area contributed by atoms with Crippen molar-refractivity contribution in [3.8, 4) is 11.1 Å². The topological polar surface area (TPSA) is 24.1 Å². The molecule has 0 aromatic heterocycles. The fourth-order valence-electron chi connectivity index (χ4n) is 7.80. The second-order valence-corrected chi connectivity index (χ2v) is 11.5. The Labute approximate surface area is 243 Å². The van der Waals surface area contributed by atoms with Crippen molar-refractivity contribution in [2.75, 3.05) is 24.7 Å². The van der Waals surface area contributed by atoms with Crippen molar-refractivity contribution >= 4 is 17.5 Å². The number of benzene rings is 5. The van der Waals surface area contributed by atoms with Crippen molar-refractivity contribution in [1.82, 2.24) is 0 Å². The van der Waals surface area contributed by atoms with Crippen molar-refractivity contribution in [3.05, 3.63) is 160 Å². The third-order valence-corrected chi connectivity index (χ3v) is 9.50. The Morgan fingerprint density at radius 3 is 1.59 bits per heavy atom. The van der Waals surface area contributed by atoms with Crippen molar-refractivity contribution < 1.29 is 0 Å². The molecular weight excluding hydrogens is 496 g/mol. The van der Waals surface area contributed by atoms with Crippen LogP contribution in [0.2, 0.25) is 0 Å². The van der Waals surface area contributed by atoms with Gasteiger partial charge in [-0.05, 0) is 88.2 Å². The molecule has 5 aromatic rings. The minimum absolute atomic E-state index is 0.0821. The molecule has 0 bridgehead atoms. The molecule has 2 aliphatic rings. The maximum atomic E-state index is 3.44. The van der Waals surface area contributed by atoms with Crippen LogP contribution in [0.5, 0.6) is 0 Å². The summed E-state index contributed by atoms with van der Waals surface area (Å²) in [5, 5.41) is 6.87. The average Bonchev–Trinajstić information content (AvgIpc) is 3.54. The predicted molar refractivity (Wildman–Crippen MR) is 174 cm³/mol. The quantitative estimate of drug-likeness (QED) is 0.228. The van der Waals surface area contributed by atoms with E-state index in [1.165, 1.54) is 55.6 Å². The van der Waals surface area contributed by atoms with Crippen molar-refractivity contribution in [1.29, 1.82) is 0 Å². The second kappa shape index (κ2) is 9.82. The third kappa shape index (κ3) is 3.70. The summed E-state index contributed by atoms with van der Waals surface area (Å²) in [4.78, 5) is 0. The molecule has 0 fully saturated rings. The maximum Gasteiger partial charge on any atom is 0.0418 e. The number of fused-ring (bicyclic) bond motifs is 4. The molecule has 2 nitrogen and oxygen atoms in total. The van der Waals surface area contributed by atoms with Crippen LogP contribution in [-0.2, 0) is 5.41 Å². The van der Waals surface area contributed by atoms with Crippen LogP contribution in [0.3, 0.4) is 0 Å². The van der Waals surface area contributed by atoms with Gasteiger partial charge in [0, 0.05) is 42.7 Å². The molecule has 0 saturated carbocycles. The van der Waals surface area contributed by atoms with Crippen LogP contribution in [0.1, 0.15) is 57.7 Å². The molecule has 0 radical (unpaired) electrons. The van der Waals surface area contributed by atoms with E-state index < -0.39 is 5.41 Å². The molecule has 2 N–H and O–H groups in total. The highest BCUT2D eigenvalue weighted by molar-refractivity contribution is 5.85. The van der Waals surface area contributed by atoms with Crippen LogP contribution >= 0.6 is 0 Å². The van der Waals surface area contributed by atoms with Gasteiger partial charge in [0.15, 0.2) is 0 Å². The van der Waals surface area contributed by atoms with Crippen molar-refractivity contribution in [2.45, 2.75) is 31.1 Å². The largest absolute Gasteiger partial charge is 0.388 e. The molecular formula is C39H36N2. The number of anilines is 2. The highest BCUT2D eigenvalue weighted by Crippen LogP contribution is 2.64. The molecule has 0 aliphatic heterocycles. The molecule has 7 rings (SSSR count). The lowest BCUT2D eigenvalue weighted by atomic mass is 9.54. The minimum atomic E-state index is -0.402. The van der Waals surface area contributed by atoms with Crippen LogP contribution < -0.4 is 10.6 Å². The Balaban J connectivity index is 1.66. The third-order valence-electron chi connectivity index (χ3n) is 9.50. The molecule has 2 heteroatoms. The number of hydrogen-bond acceptors (Lipinski definition) is 2. The molecule has 0 amide bonds. The Bertz CT molecular complexity index is 1690. The van der Waals surface area contributed by atoms with Gasteiger partial charge in [0.2, 0.25) is 0 Å². The smallest absolute Gasteiger partial charge is 0.0418 e. The van der Waals surface area contributed by atoms with E-state index in [4.69, 9.17) is 0 Å². The van der Waals surface area contributed by atoms with Gasteiger partial charge in [-0.15, -0.1) is 0 Å². The fraction of sp³-hybridized carbons (Fsp3) is 0.179. The van der Waals surface area contributed by atoms with E-state index in [1.807, 2.05) is 14.1 Å². The summed E-state index contributed by atoms with van der Waals surface area (Å²) in [6.45, 7) is 4.59. The van der Waals surface area contributed by atoms with Crippen LogP contribution in [0.15, 0.2) is 121 Å². The zero-order chi connectivity index (χ0) is 28.1. The number of rotatable bonds is 6. The van der Waals surface area contributed by atoms with Gasteiger partial charge in [0.05, 0.1) is 0 Å². The van der Waals surface area contributed by atoms with Crippen LogP contribution in [0.25, 0.3) is 17.2 Å². The lowest BCUT2D eigenvalue weighted by molar-refractivity contribution is 0.405. The number of hydrogen-bond donors (Lipinski definition) is 2. The van der Waals surface area contributed by atoms with E-state index in [0.717, 1.165) is 11.4 Å². The van der Waals surface area contributed by atoms with Crippen LogP contribution in [-0.4, -0.2) is 14.1 Å². The van der Waals surface area contributed by atoms with Gasteiger partial charge in [0.25, 0.3) is 0 Å². The molecule has 1 atom stereocenters. The van der Waals surface area contributed by atoms with Crippen molar-refractivity contribution in [2.24, 2.45) is 0 Å². The summed E-state index contributed by atoms with van der Waals surface area (Å²) in [5.74, 6) is 0.237. The highest BCUT2D eigenvalue weighted by Gasteiger charge is 2.54. The summed E-state index contributed by atoms with van der Waals surface area (Å²) in [6.07, 6.45) is 2.45. The molecule has 0 spiro atoms. The van der Waals surface area contributed by atoms with E-state index in [0.29, 0.717) is 0 Å². The first-order valence-electron chi connectivity index (χ1n) is 14.6. The SMILES string of the molecule is CNc1ccc2c(c1)C(C(c1ccccc1)(c1ccccc1)C1C(C)=Cc3c(C)cccc31)c1cc(NC)ccc1-2. The van der Waals surface area contributed by atoms with Crippen molar-refractivity contribution in [3.63, 3.8) is 0 Å². The second-order valence-electron chi connectivity index (χ2n) is 11.5. The van der Waals surface area contributed by atoms with Gasteiger partial charge in [-0.3, -0.25) is 0 Å². The summed E-state index contributed by atoms with van der Waals surface area (Å²) in [5.41, 5.74) is 15.5. The molecule has 1 unspecified atom stereocenters. The average molecular weight is 533 g/mol. The van der Waals surface area contributed by atoms with Crippen LogP contribution in [0, 0.1) is 6.92 Å². The first-order valence-corrected chi connectivity index (χ1v) is 14.6. The van der Waals surface area contributed by atoms with Gasteiger partial charge in [-0.1, -0.05) is 103 Å². The Hall–Kier alpha value is -4.56. The van der Waals surface area contributed by atoms with E-state index in [9.17, 15) is 0 Å². The Morgan fingerprint density at radius 2 is 1.07 bits per heavy atom. The predicted octanol–water partition coefficient (Wildman–Crippen LogP) is 9.38. The number of allylic oxidation sites excluding steroid dienone is 1. The van der Waals surface area contributed by atoms with Gasteiger partial charge >= 0.3 is 0 Å². The summed E-state index contributed by atoms with van der Waals surface area (Å²) < 4.78 is 0. The first kappa shape index (κ1) is 25.4. The Morgan fingerprint density at radius 1 is 0.537 bits per heavy atom. The first-order chi connectivity index (χ1) is 20.1. The lowest BCUT2D eigenvalue weighted by Crippen LogP contribution is -2.41. The summed E-state index contributed by atoms with van der Waals surface area (Å²) in [7, 11) is 4.03. The highest BCUT2D eigenvalue weighted by atomic mass is 14.8. The van der Waals surface area contributed by atoms with E-state index >= 15 is 0 Å². The van der Waals surface area contributed by atoms with Gasteiger partial charge in [-0.25, -0.2) is 0 Å². The van der Waals surface area contributed by atoms with Gasteiger partial charge in [0.1, 0.15) is 0 Å². The zero-order valence-electron chi connectivity index (χ0n) is 24.2. The lowest BCUT2D eigenvalue weighted by Gasteiger charge is -2.47. The fourth-order valence-corrected chi connectivity index (χ4v) is 7.80. The standard InChI is InChI=1S/C39H36N2/c1-25-12-11-17-33-34(25)22-26(2)37(33)39(27-13-7-5-8-14-27,28-15-9-6-10-16-28)38-35-23-29(40-3)18-20-31(35)32-21-19-30(41-4)24-36(32)38/h5-24,37-38,40-41H,1-4H3. The monoisotopic (exact) mass is 532 g/mol. The van der Waals surface area contributed by atoms with E-state index in [1.54, 1.807) is 0 Å². The molecule has 5 aromatic carbocycles. The van der Waals surface area contributed by atoms with E-state index in [2.05, 4.69) is 146 Å². The summed E-state index contributed by atoms with van der Waals surface area (Å²) in [6, 6.07) is 43.2. The number of aryl methyl sites for hydroxylation is 1. The van der Waals surface area contributed by atoms with E-state index in [-0.39, 0.29) is 11.8 Å². The molecule has 0 saturated heterocycles. The van der Waals surface area contributed by atoms with Gasteiger partial charge < -0.3 is 10.6 Å². The Kier molecular flexibility index (Phi) is 6.08. The number of nitrogens with one attached hydrogen (secondary N) is 2. The van der Waals surface area contributed by atoms with Gasteiger partial charge in [-0.2, -0.15) is 0 Å².